The first-order valence-corrected chi connectivity index (χ1v) is 18.9. The molecule has 4 aromatic carbocycles. The molecule has 2 saturated heterocycles. The number of Topliss-reactive ketones (excluding diaryl/α,β-unsaturated/α-hetero) is 1. The summed E-state index contributed by atoms with van der Waals surface area (Å²) in [4.78, 5) is 23.9. The molecule has 2 fully saturated rings. The van der Waals surface area contributed by atoms with E-state index < -0.39 is 0 Å². The molecular formula is C42H45Cl2FN4O4. The number of piperidine rings is 1. The van der Waals surface area contributed by atoms with Crippen LogP contribution in [0.4, 0.5) is 4.39 Å². The Balaban J connectivity index is 1.04. The lowest BCUT2D eigenvalue weighted by Crippen LogP contribution is -2.41. The molecule has 1 unspecified atom stereocenters. The van der Waals surface area contributed by atoms with Crippen molar-refractivity contribution in [1.29, 1.82) is 0 Å². The summed E-state index contributed by atoms with van der Waals surface area (Å²) in [5, 5.41) is 1.12. The molecular weight excluding hydrogens is 714 g/mol. The van der Waals surface area contributed by atoms with Crippen LogP contribution in [0.1, 0.15) is 53.0 Å². The molecule has 0 saturated carbocycles. The number of ketones is 1. The van der Waals surface area contributed by atoms with E-state index in [-0.39, 0.29) is 22.9 Å². The van der Waals surface area contributed by atoms with Crippen molar-refractivity contribution in [3.05, 3.63) is 117 Å². The predicted octanol–water partition coefficient (Wildman–Crippen LogP) is 8.69. The lowest BCUT2D eigenvalue weighted by molar-refractivity contribution is 0.0818. The highest BCUT2D eigenvalue weighted by Crippen LogP contribution is 2.43. The van der Waals surface area contributed by atoms with Gasteiger partial charge in [0.25, 0.3) is 0 Å². The van der Waals surface area contributed by atoms with Gasteiger partial charge in [-0.25, -0.2) is 9.37 Å². The van der Waals surface area contributed by atoms with Gasteiger partial charge in [0.15, 0.2) is 17.3 Å². The average Bonchev–Trinajstić information content (AvgIpc) is 3.77. The minimum atomic E-state index is -0.281. The van der Waals surface area contributed by atoms with Crippen LogP contribution in [0.15, 0.2) is 78.9 Å². The molecule has 0 amide bonds. The third kappa shape index (κ3) is 7.90. The minimum Gasteiger partial charge on any atom is -0.493 e. The van der Waals surface area contributed by atoms with Gasteiger partial charge in [-0.2, -0.15) is 0 Å². The molecule has 7 rings (SSSR count). The van der Waals surface area contributed by atoms with Crippen LogP contribution in [0.5, 0.6) is 17.2 Å². The normalized spacial score (nSPS) is 18.5. The number of hydrogen-bond donors (Lipinski definition) is 0. The number of imidazole rings is 1. The summed E-state index contributed by atoms with van der Waals surface area (Å²) in [5.41, 5.74) is 4.78. The number of nitrogens with zero attached hydrogens (tertiary/aromatic N) is 4. The number of benzene rings is 4. The molecule has 1 aromatic heterocycles. The number of para-hydroxylation sites is 2. The Hall–Kier alpha value is -4.15. The van der Waals surface area contributed by atoms with Gasteiger partial charge in [-0.05, 0) is 117 Å². The van der Waals surface area contributed by atoms with Gasteiger partial charge < -0.3 is 23.7 Å². The highest BCUT2D eigenvalue weighted by molar-refractivity contribution is 6.42. The van der Waals surface area contributed by atoms with Crippen LogP contribution in [0.2, 0.25) is 10.0 Å². The predicted molar refractivity (Wildman–Crippen MR) is 207 cm³/mol. The quantitative estimate of drug-likeness (QED) is 0.111. The first-order valence-electron chi connectivity index (χ1n) is 18.1. The van der Waals surface area contributed by atoms with E-state index in [1.54, 1.807) is 33.5 Å². The van der Waals surface area contributed by atoms with Gasteiger partial charge in [-0.3, -0.25) is 9.69 Å². The van der Waals surface area contributed by atoms with Crippen LogP contribution < -0.4 is 14.2 Å². The van der Waals surface area contributed by atoms with Crippen molar-refractivity contribution < 1.29 is 23.4 Å². The Kier molecular flexibility index (Phi) is 11.3. The lowest BCUT2D eigenvalue weighted by Gasteiger charge is -2.36. The second kappa shape index (κ2) is 16.1. The summed E-state index contributed by atoms with van der Waals surface area (Å²) in [5.74, 6) is 2.03. The monoisotopic (exact) mass is 758 g/mol. The molecule has 5 aromatic rings. The number of ether oxygens (including phenoxy) is 3. The van der Waals surface area contributed by atoms with Gasteiger partial charge in [0.1, 0.15) is 5.82 Å². The fourth-order valence-electron chi connectivity index (χ4n) is 8.16. The Bertz CT molecular complexity index is 2060. The van der Waals surface area contributed by atoms with E-state index in [1.165, 1.54) is 17.7 Å². The molecule has 1 atom stereocenters. The van der Waals surface area contributed by atoms with Crippen LogP contribution in [-0.4, -0.2) is 79.2 Å². The van der Waals surface area contributed by atoms with Crippen LogP contribution in [0.25, 0.3) is 11.0 Å². The molecule has 0 radical (unpaired) electrons. The Morgan fingerprint density at radius 2 is 1.55 bits per heavy atom. The number of carbonyl (C=O) groups is 1. The van der Waals surface area contributed by atoms with Gasteiger partial charge in [-0.15, -0.1) is 0 Å². The second-order valence-electron chi connectivity index (χ2n) is 14.3. The Morgan fingerprint density at radius 3 is 2.23 bits per heavy atom. The van der Waals surface area contributed by atoms with Crippen LogP contribution in [0, 0.1) is 11.7 Å². The van der Waals surface area contributed by atoms with Crippen LogP contribution in [-0.2, 0) is 18.5 Å². The highest BCUT2D eigenvalue weighted by atomic mass is 35.5. The summed E-state index contributed by atoms with van der Waals surface area (Å²) in [6.45, 7) is 5.55. The van der Waals surface area contributed by atoms with E-state index in [9.17, 15) is 9.18 Å². The second-order valence-corrected chi connectivity index (χ2v) is 15.1. The fraction of sp³-hybridized carbons (Fsp3) is 0.381. The molecule has 0 spiro atoms. The van der Waals surface area contributed by atoms with Gasteiger partial charge in [0.05, 0.1) is 42.4 Å². The molecule has 53 heavy (non-hydrogen) atoms. The third-order valence-electron chi connectivity index (χ3n) is 11.1. The third-order valence-corrected chi connectivity index (χ3v) is 11.8. The van der Waals surface area contributed by atoms with Gasteiger partial charge >= 0.3 is 0 Å². The van der Waals surface area contributed by atoms with Gasteiger partial charge in [0.2, 0.25) is 11.5 Å². The molecule has 2 aliphatic rings. The van der Waals surface area contributed by atoms with Crippen molar-refractivity contribution in [1.82, 2.24) is 19.4 Å². The molecule has 8 nitrogen and oxygen atoms in total. The standard InChI is InChI=1S/C42H45Cl2FN4O4/c1-51-37-22-29(23-38(52-2)40(37)53-3)25-48-21-17-42(27-48,31-10-13-33(43)34(44)24-31)16-20-47-18-14-30(15-19-47)39(50)41-46-35-6-4-5-7-36(35)49(41)26-28-8-11-32(45)12-9-28/h4-13,22-24,30H,14-21,25-27H2,1-3H3. The van der Waals surface area contributed by atoms with Gasteiger partial charge in [0, 0.05) is 31.0 Å². The lowest BCUT2D eigenvalue weighted by atomic mass is 9.76. The molecule has 0 N–H and O–H groups in total. The van der Waals surface area contributed by atoms with E-state index in [0.717, 1.165) is 87.1 Å². The Morgan fingerprint density at radius 1 is 0.830 bits per heavy atom. The van der Waals surface area contributed by atoms with Crippen molar-refractivity contribution in [3.63, 3.8) is 0 Å². The number of aromatic nitrogens is 2. The molecule has 278 valence electrons. The maximum Gasteiger partial charge on any atom is 0.203 e. The summed E-state index contributed by atoms with van der Waals surface area (Å²) in [7, 11) is 4.89. The number of likely N-dealkylation sites (tertiary alicyclic amines) is 2. The van der Waals surface area contributed by atoms with Crippen molar-refractivity contribution in [2.24, 2.45) is 5.92 Å². The summed E-state index contributed by atoms with van der Waals surface area (Å²) >= 11 is 13.0. The smallest absolute Gasteiger partial charge is 0.203 e. The highest BCUT2D eigenvalue weighted by Gasteiger charge is 2.40. The zero-order valence-electron chi connectivity index (χ0n) is 30.4. The topological polar surface area (TPSA) is 69.1 Å². The largest absolute Gasteiger partial charge is 0.493 e. The number of carbonyl (C=O) groups excluding carboxylic acids is 1. The summed E-state index contributed by atoms with van der Waals surface area (Å²) in [6, 6.07) is 24.4. The number of halogens is 3. The zero-order valence-corrected chi connectivity index (χ0v) is 31.9. The first-order chi connectivity index (χ1) is 25.7. The maximum atomic E-state index is 14.1. The number of methoxy groups -OCH3 is 3. The average molecular weight is 760 g/mol. The van der Waals surface area contributed by atoms with Crippen molar-refractivity contribution >= 4 is 40.0 Å². The van der Waals surface area contributed by atoms with Crippen molar-refractivity contribution in [2.75, 3.05) is 54.1 Å². The maximum absolute atomic E-state index is 14.1. The van der Waals surface area contributed by atoms with Gasteiger partial charge in [-0.1, -0.05) is 53.5 Å². The zero-order chi connectivity index (χ0) is 37.1. The number of rotatable bonds is 13. The Labute approximate surface area is 320 Å². The molecule has 3 heterocycles. The van der Waals surface area contributed by atoms with E-state index in [4.69, 9.17) is 42.4 Å². The van der Waals surface area contributed by atoms with E-state index in [1.807, 2.05) is 53.1 Å². The minimum absolute atomic E-state index is 0.0773. The summed E-state index contributed by atoms with van der Waals surface area (Å²) in [6.07, 6.45) is 3.47. The molecule has 11 heteroatoms. The van der Waals surface area contributed by atoms with E-state index in [2.05, 4.69) is 15.9 Å². The van der Waals surface area contributed by atoms with Crippen molar-refractivity contribution in [3.8, 4) is 17.2 Å². The van der Waals surface area contributed by atoms with E-state index in [0.29, 0.717) is 39.7 Å². The SMILES string of the molecule is COc1cc(CN2CCC(CCN3CCC(C(=O)c4nc5ccccc5n4Cc4ccc(F)cc4)CC3)(c3ccc(Cl)c(Cl)c3)C2)cc(OC)c1OC. The fourth-order valence-corrected chi connectivity index (χ4v) is 8.46. The van der Waals surface area contributed by atoms with Crippen molar-refractivity contribution in [2.45, 2.75) is 44.2 Å². The molecule has 0 aliphatic carbocycles. The number of hydrogen-bond acceptors (Lipinski definition) is 7. The first kappa shape index (κ1) is 37.2. The van der Waals surface area contributed by atoms with Crippen LogP contribution in [0.3, 0.4) is 0 Å². The molecule has 2 aliphatic heterocycles. The van der Waals surface area contributed by atoms with Crippen LogP contribution >= 0.6 is 23.2 Å². The molecule has 0 bridgehead atoms. The van der Waals surface area contributed by atoms with E-state index >= 15 is 0 Å². The summed E-state index contributed by atoms with van der Waals surface area (Å²) < 4.78 is 32.4. The number of fused-ring (bicyclic) bond motifs is 1.